The van der Waals surface area contributed by atoms with Crippen LogP contribution in [0.5, 0.6) is 0 Å². The number of hydrogen-bond donors (Lipinski definition) is 0. The molecular weight excluding hydrogens is 374 g/mol. The van der Waals surface area contributed by atoms with Crippen LogP contribution in [0.2, 0.25) is 0 Å². The number of hydrogen-bond acceptors (Lipinski definition) is 7. The van der Waals surface area contributed by atoms with Gasteiger partial charge in [-0.25, -0.2) is 14.3 Å². The van der Waals surface area contributed by atoms with E-state index in [4.69, 9.17) is 9.47 Å². The minimum absolute atomic E-state index is 0.0884. The van der Waals surface area contributed by atoms with E-state index in [1.165, 1.54) is 4.52 Å². The van der Waals surface area contributed by atoms with Crippen LogP contribution < -0.4 is 0 Å². The van der Waals surface area contributed by atoms with Gasteiger partial charge in [0.05, 0.1) is 12.6 Å². The zero-order chi connectivity index (χ0) is 21.3. The molecule has 0 radical (unpaired) electrons. The van der Waals surface area contributed by atoms with Gasteiger partial charge < -0.3 is 14.0 Å². The van der Waals surface area contributed by atoms with E-state index in [-0.39, 0.29) is 24.3 Å². The van der Waals surface area contributed by atoms with Crippen molar-refractivity contribution in [2.24, 2.45) is 0 Å². The van der Waals surface area contributed by atoms with Gasteiger partial charge in [-0.05, 0) is 46.8 Å². The Kier molecular flexibility index (Phi) is 5.78. The Morgan fingerprint density at radius 3 is 2.52 bits per heavy atom. The van der Waals surface area contributed by atoms with Crippen LogP contribution in [0.15, 0.2) is 12.1 Å². The van der Waals surface area contributed by atoms with Crippen LogP contribution in [0, 0.1) is 27.7 Å². The number of methoxy groups -OCH3 is 1. The van der Waals surface area contributed by atoms with E-state index in [2.05, 4.69) is 15.1 Å². The van der Waals surface area contributed by atoms with E-state index >= 15 is 0 Å². The highest BCUT2D eigenvalue weighted by Crippen LogP contribution is 2.21. The topological polar surface area (TPSA) is 101 Å². The van der Waals surface area contributed by atoms with Crippen molar-refractivity contribution in [1.82, 2.24) is 24.1 Å². The van der Waals surface area contributed by atoms with E-state index in [1.54, 1.807) is 13.2 Å². The van der Waals surface area contributed by atoms with Crippen molar-refractivity contribution < 1.29 is 19.1 Å². The molecule has 3 rings (SSSR count). The lowest BCUT2D eigenvalue weighted by atomic mass is 10.1. The zero-order valence-electron chi connectivity index (χ0n) is 17.5. The van der Waals surface area contributed by atoms with Gasteiger partial charge in [0.1, 0.15) is 0 Å². The van der Waals surface area contributed by atoms with Crippen LogP contribution in [0.25, 0.3) is 5.78 Å². The number of nitrogens with zero attached hydrogens (tertiary/aromatic N) is 5. The van der Waals surface area contributed by atoms with Crippen LogP contribution in [0.3, 0.4) is 0 Å². The van der Waals surface area contributed by atoms with E-state index in [1.807, 2.05) is 45.3 Å². The highest BCUT2D eigenvalue weighted by Gasteiger charge is 2.22. The molecule has 3 aromatic heterocycles. The number of carbonyl (C=O) groups is 2. The van der Waals surface area contributed by atoms with Crippen molar-refractivity contribution in [3.8, 4) is 0 Å². The number of carbonyl (C=O) groups excluding carboxylic acids is 2. The highest BCUT2D eigenvalue weighted by molar-refractivity contribution is 6.00. The zero-order valence-corrected chi connectivity index (χ0v) is 17.5. The first-order chi connectivity index (χ1) is 13.7. The average molecular weight is 399 g/mol. The quantitative estimate of drug-likeness (QED) is 0.444. The predicted molar refractivity (Wildman–Crippen MR) is 105 cm³/mol. The molecule has 0 aromatic carbocycles. The van der Waals surface area contributed by atoms with Crippen LogP contribution >= 0.6 is 0 Å². The summed E-state index contributed by atoms with van der Waals surface area (Å²) >= 11 is 0. The first-order valence-electron chi connectivity index (χ1n) is 9.31. The van der Waals surface area contributed by atoms with Gasteiger partial charge in [0.25, 0.3) is 11.6 Å². The molecule has 3 heterocycles. The molecule has 0 aliphatic heterocycles. The SMILES string of the molecule is COC[C@H](C)n1c(C)cc(C(=O)COC(=O)c2nc3nc(C)cc(C)n3n2)c1C. The molecule has 0 aliphatic rings. The number of fused-ring (bicyclic) bond motifs is 1. The summed E-state index contributed by atoms with van der Waals surface area (Å²) in [5.41, 5.74) is 3.85. The summed E-state index contributed by atoms with van der Waals surface area (Å²) < 4.78 is 13.9. The van der Waals surface area contributed by atoms with Gasteiger partial charge >= 0.3 is 5.97 Å². The number of aromatic nitrogens is 5. The van der Waals surface area contributed by atoms with Crippen molar-refractivity contribution in [3.05, 3.63) is 46.3 Å². The van der Waals surface area contributed by atoms with Crippen molar-refractivity contribution in [2.45, 2.75) is 40.7 Å². The largest absolute Gasteiger partial charge is 0.451 e. The van der Waals surface area contributed by atoms with E-state index in [9.17, 15) is 9.59 Å². The third-order valence-corrected chi connectivity index (χ3v) is 4.77. The Bertz CT molecular complexity index is 1080. The van der Waals surface area contributed by atoms with Crippen molar-refractivity contribution >= 4 is 17.5 Å². The fraction of sp³-hybridized carbons (Fsp3) is 0.450. The molecule has 0 N–H and O–H groups in total. The second-order valence-electron chi connectivity index (χ2n) is 7.14. The summed E-state index contributed by atoms with van der Waals surface area (Å²) in [5, 5.41) is 4.12. The molecule has 0 saturated heterocycles. The van der Waals surface area contributed by atoms with Crippen molar-refractivity contribution in [2.75, 3.05) is 20.3 Å². The minimum Gasteiger partial charge on any atom is -0.451 e. The highest BCUT2D eigenvalue weighted by atomic mass is 16.5. The first kappa shape index (κ1) is 20.7. The molecule has 3 aromatic rings. The number of rotatable bonds is 7. The Labute approximate surface area is 168 Å². The standard InChI is InChI=1S/C20H25N5O4/c1-11-7-13(3)25-20(21-11)22-18(23-25)19(27)29-10-17(26)16-8-12(2)24(15(16)5)14(4)9-28-6/h7-8,14H,9-10H2,1-6H3/t14-/m0/s1. The van der Waals surface area contributed by atoms with Gasteiger partial charge in [-0.15, -0.1) is 5.10 Å². The molecule has 9 nitrogen and oxygen atoms in total. The molecule has 29 heavy (non-hydrogen) atoms. The molecule has 0 spiro atoms. The van der Waals surface area contributed by atoms with Gasteiger partial charge in [-0.3, -0.25) is 4.79 Å². The number of ketones is 1. The summed E-state index contributed by atoms with van der Waals surface area (Å²) in [6, 6.07) is 3.72. The molecule has 154 valence electrons. The van der Waals surface area contributed by atoms with Crippen LogP contribution in [-0.2, 0) is 9.47 Å². The molecule has 0 unspecified atom stereocenters. The second-order valence-corrected chi connectivity index (χ2v) is 7.14. The summed E-state index contributed by atoms with van der Waals surface area (Å²) in [5.74, 6) is -0.853. The lowest BCUT2D eigenvalue weighted by Crippen LogP contribution is -2.17. The van der Waals surface area contributed by atoms with E-state index in [0.29, 0.717) is 17.9 Å². The molecule has 0 amide bonds. The maximum atomic E-state index is 12.6. The Hall–Kier alpha value is -3.07. The van der Waals surface area contributed by atoms with Gasteiger partial charge in [0.2, 0.25) is 5.78 Å². The molecule has 0 bridgehead atoms. The van der Waals surface area contributed by atoms with Crippen LogP contribution in [-0.4, -0.2) is 56.2 Å². The Morgan fingerprint density at radius 1 is 1.10 bits per heavy atom. The summed E-state index contributed by atoms with van der Waals surface area (Å²) in [6.45, 7) is 9.64. The summed E-state index contributed by atoms with van der Waals surface area (Å²) in [7, 11) is 1.64. The molecule has 0 saturated carbocycles. The summed E-state index contributed by atoms with van der Waals surface area (Å²) in [6.07, 6.45) is 0. The van der Waals surface area contributed by atoms with Gasteiger partial charge in [0, 0.05) is 35.4 Å². The monoisotopic (exact) mass is 399 g/mol. The third kappa shape index (κ3) is 4.04. The van der Waals surface area contributed by atoms with Crippen molar-refractivity contribution in [1.29, 1.82) is 0 Å². The Balaban J connectivity index is 1.73. The molecular formula is C20H25N5O4. The molecule has 0 fully saturated rings. The minimum atomic E-state index is -0.762. The smallest absolute Gasteiger partial charge is 0.378 e. The van der Waals surface area contributed by atoms with Gasteiger partial charge in [-0.1, -0.05) is 0 Å². The number of esters is 1. The maximum absolute atomic E-state index is 12.6. The fourth-order valence-corrected chi connectivity index (χ4v) is 3.58. The normalized spacial score (nSPS) is 12.3. The van der Waals surface area contributed by atoms with E-state index in [0.717, 1.165) is 22.8 Å². The second kappa shape index (κ2) is 8.12. The fourth-order valence-electron chi connectivity index (χ4n) is 3.58. The van der Waals surface area contributed by atoms with Gasteiger partial charge in [-0.2, -0.15) is 4.98 Å². The lowest BCUT2D eigenvalue weighted by molar-refractivity contribution is 0.0462. The molecule has 9 heteroatoms. The lowest BCUT2D eigenvalue weighted by Gasteiger charge is -2.17. The van der Waals surface area contributed by atoms with Gasteiger partial charge in [0.15, 0.2) is 6.61 Å². The molecule has 1 atom stereocenters. The van der Waals surface area contributed by atoms with Crippen LogP contribution in [0.1, 0.15) is 56.7 Å². The number of Topliss-reactive ketones (excluding diaryl/α,β-unsaturated/α-hetero) is 1. The third-order valence-electron chi connectivity index (χ3n) is 4.77. The first-order valence-corrected chi connectivity index (χ1v) is 9.31. The predicted octanol–water partition coefficient (Wildman–Crippen LogP) is 2.41. The molecule has 0 aliphatic carbocycles. The number of ether oxygens (including phenoxy) is 2. The maximum Gasteiger partial charge on any atom is 0.378 e. The summed E-state index contributed by atoms with van der Waals surface area (Å²) in [4.78, 5) is 33.3. The Morgan fingerprint density at radius 2 is 1.83 bits per heavy atom. The van der Waals surface area contributed by atoms with Crippen LogP contribution in [0.4, 0.5) is 0 Å². The average Bonchev–Trinajstić information content (AvgIpc) is 3.20. The van der Waals surface area contributed by atoms with E-state index < -0.39 is 5.97 Å². The van der Waals surface area contributed by atoms with Crippen molar-refractivity contribution in [3.63, 3.8) is 0 Å². The number of aryl methyl sites for hydroxylation is 3.